The van der Waals surface area contributed by atoms with E-state index < -0.39 is 10.7 Å². The topological polar surface area (TPSA) is 55.2 Å². The van der Waals surface area contributed by atoms with Gasteiger partial charge < -0.3 is 5.32 Å². The smallest absolute Gasteiger partial charge is 0.272 e. The third-order valence-electron chi connectivity index (χ3n) is 3.04. The van der Waals surface area contributed by atoms with E-state index in [0.717, 1.165) is 19.0 Å². The molecule has 0 spiro atoms. The van der Waals surface area contributed by atoms with Gasteiger partial charge in [0.1, 0.15) is 5.82 Å². The molecule has 0 atom stereocenters. The number of hydrogen-bond acceptors (Lipinski definition) is 3. The SMILES string of the molecule is CCC(C)(C)CNCc1cc(F)cc([N+](=O)[O-])c1. The Labute approximate surface area is 106 Å². The van der Waals surface area contributed by atoms with Gasteiger partial charge in [-0.15, -0.1) is 0 Å². The molecule has 1 aromatic carbocycles. The van der Waals surface area contributed by atoms with E-state index in [9.17, 15) is 14.5 Å². The average Bonchev–Trinajstić information content (AvgIpc) is 2.28. The molecule has 1 aromatic rings. The fraction of sp³-hybridized carbons (Fsp3) is 0.538. The van der Waals surface area contributed by atoms with E-state index in [4.69, 9.17) is 0 Å². The third kappa shape index (κ3) is 4.41. The van der Waals surface area contributed by atoms with E-state index in [1.165, 1.54) is 12.1 Å². The zero-order valence-electron chi connectivity index (χ0n) is 11.0. The quantitative estimate of drug-likeness (QED) is 0.626. The van der Waals surface area contributed by atoms with Gasteiger partial charge in [-0.05, 0) is 23.5 Å². The second-order valence-electron chi connectivity index (χ2n) is 5.20. The summed E-state index contributed by atoms with van der Waals surface area (Å²) in [5.41, 5.74) is 0.550. The maximum Gasteiger partial charge on any atom is 0.272 e. The number of rotatable bonds is 6. The Morgan fingerprint density at radius 3 is 2.61 bits per heavy atom. The Kier molecular flexibility index (Phi) is 4.78. The molecule has 18 heavy (non-hydrogen) atoms. The van der Waals surface area contributed by atoms with Crippen molar-refractivity contribution in [3.05, 3.63) is 39.7 Å². The lowest BCUT2D eigenvalue weighted by Gasteiger charge is -2.22. The van der Waals surface area contributed by atoms with Crippen LogP contribution in [-0.2, 0) is 6.54 Å². The van der Waals surface area contributed by atoms with E-state index >= 15 is 0 Å². The van der Waals surface area contributed by atoms with Gasteiger partial charge >= 0.3 is 0 Å². The van der Waals surface area contributed by atoms with Crippen LogP contribution in [0.3, 0.4) is 0 Å². The predicted octanol–water partition coefficient (Wildman–Crippen LogP) is 3.26. The average molecular weight is 254 g/mol. The number of benzene rings is 1. The Bertz CT molecular complexity index is 433. The normalized spacial score (nSPS) is 11.6. The van der Waals surface area contributed by atoms with Crippen molar-refractivity contribution in [2.24, 2.45) is 5.41 Å². The Morgan fingerprint density at radius 1 is 1.39 bits per heavy atom. The molecular weight excluding hydrogens is 235 g/mol. The molecule has 0 saturated carbocycles. The summed E-state index contributed by atoms with van der Waals surface area (Å²) < 4.78 is 13.2. The molecule has 0 radical (unpaired) electrons. The highest BCUT2D eigenvalue weighted by Crippen LogP contribution is 2.19. The van der Waals surface area contributed by atoms with Crippen molar-refractivity contribution in [1.82, 2.24) is 5.32 Å². The standard InChI is InChI=1S/C13H19FN2O2/c1-4-13(2,3)9-15-8-10-5-11(14)7-12(6-10)16(17)18/h5-7,15H,4,8-9H2,1-3H3. The first kappa shape index (κ1) is 14.6. The number of nitro groups is 1. The van der Waals surface area contributed by atoms with Crippen LogP contribution in [0, 0.1) is 21.3 Å². The molecule has 0 fully saturated rings. The summed E-state index contributed by atoms with van der Waals surface area (Å²) in [6.45, 7) is 7.59. The molecular formula is C13H19FN2O2. The van der Waals surface area contributed by atoms with Crippen molar-refractivity contribution in [1.29, 1.82) is 0 Å². The minimum atomic E-state index is -0.581. The number of nitrogens with zero attached hydrogens (tertiary/aromatic N) is 1. The van der Waals surface area contributed by atoms with Gasteiger partial charge in [0, 0.05) is 19.2 Å². The maximum absolute atomic E-state index is 13.2. The lowest BCUT2D eigenvalue weighted by Crippen LogP contribution is -2.28. The second-order valence-corrected chi connectivity index (χ2v) is 5.20. The van der Waals surface area contributed by atoms with Crippen LogP contribution in [0.1, 0.15) is 32.8 Å². The van der Waals surface area contributed by atoms with E-state index in [-0.39, 0.29) is 11.1 Å². The molecule has 0 saturated heterocycles. The van der Waals surface area contributed by atoms with E-state index in [1.54, 1.807) is 0 Å². The van der Waals surface area contributed by atoms with Crippen molar-refractivity contribution >= 4 is 5.69 Å². The molecule has 1 N–H and O–H groups in total. The van der Waals surface area contributed by atoms with Crippen LogP contribution in [0.5, 0.6) is 0 Å². The number of nitrogens with one attached hydrogen (secondary N) is 1. The molecule has 0 heterocycles. The largest absolute Gasteiger partial charge is 0.312 e. The molecule has 0 aliphatic heterocycles. The molecule has 0 amide bonds. The molecule has 0 bridgehead atoms. The van der Waals surface area contributed by atoms with Gasteiger partial charge in [-0.1, -0.05) is 20.8 Å². The van der Waals surface area contributed by atoms with Crippen molar-refractivity contribution in [2.45, 2.75) is 33.7 Å². The third-order valence-corrected chi connectivity index (χ3v) is 3.04. The van der Waals surface area contributed by atoms with Crippen LogP contribution in [0.25, 0.3) is 0 Å². The molecule has 0 aromatic heterocycles. The Morgan fingerprint density at radius 2 is 2.06 bits per heavy atom. The molecule has 0 aliphatic rings. The second kappa shape index (κ2) is 5.91. The molecule has 0 unspecified atom stereocenters. The van der Waals surface area contributed by atoms with Crippen molar-refractivity contribution in [3.63, 3.8) is 0 Å². The summed E-state index contributed by atoms with van der Waals surface area (Å²) in [5, 5.41) is 13.8. The van der Waals surface area contributed by atoms with Gasteiger partial charge in [0.25, 0.3) is 5.69 Å². The van der Waals surface area contributed by atoms with Gasteiger partial charge in [0.2, 0.25) is 0 Å². The van der Waals surface area contributed by atoms with E-state index in [1.807, 2.05) is 0 Å². The van der Waals surface area contributed by atoms with Gasteiger partial charge in [0.15, 0.2) is 0 Å². The van der Waals surface area contributed by atoms with Crippen molar-refractivity contribution in [3.8, 4) is 0 Å². The predicted molar refractivity (Wildman–Crippen MR) is 68.8 cm³/mol. The zero-order chi connectivity index (χ0) is 13.8. The van der Waals surface area contributed by atoms with Crippen LogP contribution in [0.15, 0.2) is 18.2 Å². The van der Waals surface area contributed by atoms with Gasteiger partial charge in [-0.3, -0.25) is 10.1 Å². The highest BCUT2D eigenvalue weighted by Gasteiger charge is 2.15. The molecule has 5 heteroatoms. The van der Waals surface area contributed by atoms with Crippen LogP contribution in [-0.4, -0.2) is 11.5 Å². The van der Waals surface area contributed by atoms with Gasteiger partial charge in [-0.25, -0.2) is 4.39 Å². The summed E-state index contributed by atoms with van der Waals surface area (Å²) >= 11 is 0. The fourth-order valence-electron chi connectivity index (χ4n) is 1.51. The van der Waals surface area contributed by atoms with Crippen molar-refractivity contribution in [2.75, 3.05) is 6.54 Å². The summed E-state index contributed by atoms with van der Waals surface area (Å²) in [5.74, 6) is -0.573. The lowest BCUT2D eigenvalue weighted by molar-refractivity contribution is -0.385. The Balaban J connectivity index is 2.65. The number of non-ortho nitro benzene ring substituents is 1. The summed E-state index contributed by atoms with van der Waals surface area (Å²) in [7, 11) is 0. The number of halogens is 1. The lowest BCUT2D eigenvalue weighted by atomic mass is 9.90. The first-order valence-corrected chi connectivity index (χ1v) is 5.98. The maximum atomic E-state index is 13.2. The molecule has 4 nitrogen and oxygen atoms in total. The highest BCUT2D eigenvalue weighted by atomic mass is 19.1. The van der Waals surface area contributed by atoms with Crippen LogP contribution in [0.4, 0.5) is 10.1 Å². The summed E-state index contributed by atoms with van der Waals surface area (Å²) in [4.78, 5) is 10.0. The van der Waals surface area contributed by atoms with Crippen LogP contribution < -0.4 is 5.32 Å². The van der Waals surface area contributed by atoms with Gasteiger partial charge in [-0.2, -0.15) is 0 Å². The first-order valence-electron chi connectivity index (χ1n) is 5.98. The van der Waals surface area contributed by atoms with Crippen LogP contribution >= 0.6 is 0 Å². The number of nitro benzene ring substituents is 1. The molecule has 0 aliphatic carbocycles. The molecule has 1 rings (SSSR count). The first-order chi connectivity index (χ1) is 8.34. The Hall–Kier alpha value is -1.49. The minimum Gasteiger partial charge on any atom is -0.312 e. The van der Waals surface area contributed by atoms with Crippen LogP contribution in [0.2, 0.25) is 0 Å². The fourth-order valence-corrected chi connectivity index (χ4v) is 1.51. The summed E-state index contributed by atoms with van der Waals surface area (Å²) in [6.07, 6.45) is 1.03. The van der Waals surface area contributed by atoms with Gasteiger partial charge in [0.05, 0.1) is 11.0 Å². The molecule has 100 valence electrons. The highest BCUT2D eigenvalue weighted by molar-refractivity contribution is 5.35. The summed E-state index contributed by atoms with van der Waals surface area (Å²) in [6, 6.07) is 3.65. The van der Waals surface area contributed by atoms with E-state index in [0.29, 0.717) is 12.1 Å². The number of hydrogen-bond donors (Lipinski definition) is 1. The monoisotopic (exact) mass is 254 g/mol. The van der Waals surface area contributed by atoms with E-state index in [2.05, 4.69) is 26.1 Å². The zero-order valence-corrected chi connectivity index (χ0v) is 11.0. The van der Waals surface area contributed by atoms with Crippen molar-refractivity contribution < 1.29 is 9.31 Å². The minimum absolute atomic E-state index is 0.166.